The summed E-state index contributed by atoms with van der Waals surface area (Å²) in [5, 5.41) is 5.60. The van der Waals surface area contributed by atoms with Gasteiger partial charge in [-0.15, -0.1) is 0 Å². The third-order valence-electron chi connectivity index (χ3n) is 4.67. The number of benzene rings is 2. The van der Waals surface area contributed by atoms with Crippen molar-refractivity contribution in [1.82, 2.24) is 0 Å². The molecule has 1 aliphatic heterocycles. The highest BCUT2D eigenvalue weighted by molar-refractivity contribution is 6.03. The smallest absolute Gasteiger partial charge is 0.229 e. The number of nitrogens with zero attached hydrogens (tertiary/aromatic N) is 1. The van der Waals surface area contributed by atoms with Crippen LogP contribution in [0.1, 0.15) is 18.9 Å². The van der Waals surface area contributed by atoms with Crippen molar-refractivity contribution in [3.05, 3.63) is 48.0 Å². The maximum atomic E-state index is 12.6. The zero-order valence-corrected chi connectivity index (χ0v) is 16.1. The van der Waals surface area contributed by atoms with Crippen LogP contribution in [0.25, 0.3) is 0 Å². The van der Waals surface area contributed by atoms with Crippen molar-refractivity contribution in [1.29, 1.82) is 0 Å². The first-order valence-electron chi connectivity index (χ1n) is 9.01. The first-order valence-corrected chi connectivity index (χ1v) is 9.01. The summed E-state index contributed by atoms with van der Waals surface area (Å²) in [6.07, 6.45) is 0.159. The molecule has 0 unspecified atom stereocenters. The number of hydrogen-bond donors (Lipinski definition) is 2. The Kier molecular flexibility index (Phi) is 5.63. The fraction of sp³-hybridized carbons (Fsp3) is 0.286. The molecule has 2 N–H and O–H groups in total. The van der Waals surface area contributed by atoms with E-state index in [4.69, 9.17) is 4.74 Å². The summed E-state index contributed by atoms with van der Waals surface area (Å²) >= 11 is 0. The molecule has 1 heterocycles. The minimum atomic E-state index is -0.436. The van der Waals surface area contributed by atoms with Gasteiger partial charge < -0.3 is 20.3 Å². The van der Waals surface area contributed by atoms with Crippen molar-refractivity contribution in [3.63, 3.8) is 0 Å². The lowest BCUT2D eigenvalue weighted by Crippen LogP contribution is -2.28. The Bertz CT molecular complexity index is 926. The summed E-state index contributed by atoms with van der Waals surface area (Å²) in [6, 6.07) is 12.5. The van der Waals surface area contributed by atoms with Gasteiger partial charge in [-0.05, 0) is 42.8 Å². The number of aryl methyl sites for hydroxylation is 1. The second-order valence-corrected chi connectivity index (χ2v) is 6.81. The highest BCUT2D eigenvalue weighted by atomic mass is 16.5. The normalized spacial score (nSPS) is 16.0. The van der Waals surface area contributed by atoms with Crippen LogP contribution < -0.4 is 20.3 Å². The first-order chi connectivity index (χ1) is 13.4. The van der Waals surface area contributed by atoms with Crippen molar-refractivity contribution in [2.75, 3.05) is 29.2 Å². The third-order valence-corrected chi connectivity index (χ3v) is 4.67. The van der Waals surface area contributed by atoms with Crippen LogP contribution >= 0.6 is 0 Å². The topological polar surface area (TPSA) is 87.7 Å². The predicted octanol–water partition coefficient (Wildman–Crippen LogP) is 2.95. The number of methoxy groups -OCH3 is 1. The third kappa shape index (κ3) is 4.31. The van der Waals surface area contributed by atoms with E-state index in [1.807, 2.05) is 19.1 Å². The highest BCUT2D eigenvalue weighted by Crippen LogP contribution is 2.29. The van der Waals surface area contributed by atoms with Gasteiger partial charge in [0.25, 0.3) is 0 Å². The number of hydrogen-bond acceptors (Lipinski definition) is 4. The van der Waals surface area contributed by atoms with Gasteiger partial charge in [-0.3, -0.25) is 14.4 Å². The Morgan fingerprint density at radius 3 is 2.61 bits per heavy atom. The Morgan fingerprint density at radius 2 is 1.93 bits per heavy atom. The lowest BCUT2D eigenvalue weighted by atomic mass is 10.1. The number of carbonyl (C=O) groups excluding carboxylic acids is 3. The SMILES string of the molecule is COc1cccc(N2C[C@H](C(=O)Nc3ccc(NC(C)=O)c(C)c3)CC2=O)c1. The molecule has 1 atom stereocenters. The second kappa shape index (κ2) is 8.12. The van der Waals surface area contributed by atoms with Gasteiger partial charge >= 0.3 is 0 Å². The van der Waals surface area contributed by atoms with E-state index in [9.17, 15) is 14.4 Å². The fourth-order valence-electron chi connectivity index (χ4n) is 3.23. The van der Waals surface area contributed by atoms with Crippen molar-refractivity contribution in [2.24, 2.45) is 5.92 Å². The molecule has 28 heavy (non-hydrogen) atoms. The molecule has 1 aliphatic rings. The Hall–Kier alpha value is -3.35. The number of ether oxygens (including phenoxy) is 1. The van der Waals surface area contributed by atoms with E-state index in [0.717, 1.165) is 11.3 Å². The van der Waals surface area contributed by atoms with E-state index < -0.39 is 5.92 Å². The second-order valence-electron chi connectivity index (χ2n) is 6.81. The largest absolute Gasteiger partial charge is 0.497 e. The molecule has 3 amide bonds. The lowest BCUT2D eigenvalue weighted by molar-refractivity contribution is -0.122. The minimum Gasteiger partial charge on any atom is -0.497 e. The van der Waals surface area contributed by atoms with E-state index in [2.05, 4.69) is 10.6 Å². The maximum Gasteiger partial charge on any atom is 0.229 e. The minimum absolute atomic E-state index is 0.0920. The maximum absolute atomic E-state index is 12.6. The standard InChI is InChI=1S/C21H23N3O4/c1-13-9-16(7-8-19(13)22-14(2)25)23-21(27)15-10-20(26)24(12-15)17-5-4-6-18(11-17)28-3/h4-9,11,15H,10,12H2,1-3H3,(H,22,25)(H,23,27)/t15-/m1/s1. The Morgan fingerprint density at radius 1 is 1.14 bits per heavy atom. The fourth-order valence-corrected chi connectivity index (χ4v) is 3.23. The molecule has 7 heteroatoms. The molecule has 0 spiro atoms. The van der Waals surface area contributed by atoms with Crippen LogP contribution in [0.4, 0.5) is 17.1 Å². The van der Waals surface area contributed by atoms with Gasteiger partial charge in [0.15, 0.2) is 0 Å². The number of rotatable bonds is 5. The van der Waals surface area contributed by atoms with Gasteiger partial charge in [0, 0.05) is 43.0 Å². The molecule has 3 rings (SSSR count). The lowest BCUT2D eigenvalue weighted by Gasteiger charge is -2.17. The van der Waals surface area contributed by atoms with Gasteiger partial charge in [0.1, 0.15) is 5.75 Å². The van der Waals surface area contributed by atoms with Gasteiger partial charge in [-0.25, -0.2) is 0 Å². The van der Waals surface area contributed by atoms with Crippen LogP contribution in [0.5, 0.6) is 5.75 Å². The molecular formula is C21H23N3O4. The molecule has 0 radical (unpaired) electrons. The first kappa shape index (κ1) is 19.4. The molecule has 1 saturated heterocycles. The zero-order valence-electron chi connectivity index (χ0n) is 16.1. The summed E-state index contributed by atoms with van der Waals surface area (Å²) < 4.78 is 5.20. The summed E-state index contributed by atoms with van der Waals surface area (Å²) in [5.74, 6) is -0.222. The van der Waals surface area contributed by atoms with Crippen LogP contribution in [-0.2, 0) is 14.4 Å². The molecule has 1 fully saturated rings. The van der Waals surface area contributed by atoms with Crippen LogP contribution in [-0.4, -0.2) is 31.4 Å². The van der Waals surface area contributed by atoms with E-state index in [1.54, 1.807) is 42.3 Å². The van der Waals surface area contributed by atoms with Crippen LogP contribution in [0.15, 0.2) is 42.5 Å². The van der Waals surface area contributed by atoms with Crippen molar-refractivity contribution in [2.45, 2.75) is 20.3 Å². The molecule has 2 aromatic carbocycles. The summed E-state index contributed by atoms with van der Waals surface area (Å²) in [7, 11) is 1.57. The average Bonchev–Trinajstić information content (AvgIpc) is 3.05. The van der Waals surface area contributed by atoms with E-state index >= 15 is 0 Å². The highest BCUT2D eigenvalue weighted by Gasteiger charge is 2.35. The van der Waals surface area contributed by atoms with Gasteiger partial charge in [0.2, 0.25) is 17.7 Å². The summed E-state index contributed by atoms with van der Waals surface area (Å²) in [4.78, 5) is 37.9. The van der Waals surface area contributed by atoms with Crippen molar-refractivity contribution >= 4 is 34.8 Å². The van der Waals surface area contributed by atoms with E-state index in [1.165, 1.54) is 6.92 Å². The number of carbonyl (C=O) groups is 3. The van der Waals surface area contributed by atoms with Gasteiger partial charge in [0.05, 0.1) is 13.0 Å². The van der Waals surface area contributed by atoms with Crippen LogP contribution in [0.2, 0.25) is 0 Å². The summed E-state index contributed by atoms with van der Waals surface area (Å²) in [5.41, 5.74) is 2.89. The number of anilines is 3. The molecule has 0 saturated carbocycles. The van der Waals surface area contributed by atoms with E-state index in [-0.39, 0.29) is 24.1 Å². The van der Waals surface area contributed by atoms with Crippen LogP contribution in [0, 0.1) is 12.8 Å². The Labute approximate surface area is 163 Å². The predicted molar refractivity (Wildman–Crippen MR) is 108 cm³/mol. The summed E-state index contributed by atoms with van der Waals surface area (Å²) in [6.45, 7) is 3.62. The number of amides is 3. The number of nitrogens with one attached hydrogen (secondary N) is 2. The molecule has 7 nitrogen and oxygen atoms in total. The molecular weight excluding hydrogens is 358 g/mol. The van der Waals surface area contributed by atoms with Crippen molar-refractivity contribution in [3.8, 4) is 5.75 Å². The molecule has 0 aliphatic carbocycles. The van der Waals surface area contributed by atoms with Crippen molar-refractivity contribution < 1.29 is 19.1 Å². The zero-order chi connectivity index (χ0) is 20.3. The molecule has 0 aromatic heterocycles. The van der Waals surface area contributed by atoms with Gasteiger partial charge in [-0.2, -0.15) is 0 Å². The molecule has 146 valence electrons. The molecule has 0 bridgehead atoms. The molecule has 2 aromatic rings. The van der Waals surface area contributed by atoms with Crippen LogP contribution in [0.3, 0.4) is 0 Å². The monoisotopic (exact) mass is 381 g/mol. The Balaban J connectivity index is 1.67. The van der Waals surface area contributed by atoms with E-state index in [0.29, 0.717) is 23.7 Å². The van der Waals surface area contributed by atoms with Gasteiger partial charge in [-0.1, -0.05) is 6.07 Å². The average molecular weight is 381 g/mol. The quantitative estimate of drug-likeness (QED) is 0.834.